The first-order valence-corrected chi connectivity index (χ1v) is 10.2. The minimum absolute atomic E-state index is 0.298. The standard InChI is InChI=1S/C24H28N2O2/c27-19-23-24(28-20-21-11-5-3-6-12-21)15-14-22(25-23)13-7-4-10-18-26-16-8-1-2-9-17-26/h3,5-6,11-12,14-15,19H,1-2,4,8-10,16-18,20H2. The molecule has 28 heavy (non-hydrogen) atoms. The highest BCUT2D eigenvalue weighted by Crippen LogP contribution is 2.17. The smallest absolute Gasteiger partial charge is 0.172 e. The number of benzene rings is 1. The zero-order valence-corrected chi connectivity index (χ0v) is 16.4. The molecule has 0 bridgehead atoms. The molecule has 0 radical (unpaired) electrons. The molecule has 4 heteroatoms. The zero-order valence-electron chi connectivity index (χ0n) is 16.4. The van der Waals surface area contributed by atoms with Gasteiger partial charge in [0.25, 0.3) is 0 Å². The van der Waals surface area contributed by atoms with Crippen molar-refractivity contribution in [3.8, 4) is 17.6 Å². The van der Waals surface area contributed by atoms with Gasteiger partial charge >= 0.3 is 0 Å². The fraction of sp³-hybridized carbons (Fsp3) is 0.417. The van der Waals surface area contributed by atoms with Gasteiger partial charge in [-0.3, -0.25) is 4.79 Å². The molecule has 1 fully saturated rings. The summed E-state index contributed by atoms with van der Waals surface area (Å²) in [6.45, 7) is 3.98. The van der Waals surface area contributed by atoms with Crippen LogP contribution in [0.3, 0.4) is 0 Å². The Hall–Kier alpha value is -2.64. The van der Waals surface area contributed by atoms with Crippen LogP contribution in [0.25, 0.3) is 0 Å². The lowest BCUT2D eigenvalue weighted by atomic mass is 10.2. The Labute approximate surface area is 167 Å². The molecule has 0 spiro atoms. The second-order valence-electron chi connectivity index (χ2n) is 7.13. The van der Waals surface area contributed by atoms with Gasteiger partial charge in [-0.15, -0.1) is 0 Å². The molecule has 3 rings (SSSR count). The van der Waals surface area contributed by atoms with Gasteiger partial charge in [0.1, 0.15) is 23.7 Å². The van der Waals surface area contributed by atoms with Crippen molar-refractivity contribution in [3.63, 3.8) is 0 Å². The Bertz CT molecular complexity index is 800. The molecular weight excluding hydrogens is 348 g/mol. The number of aldehydes is 1. The lowest BCUT2D eigenvalue weighted by molar-refractivity contribution is 0.111. The molecular formula is C24H28N2O2. The van der Waals surface area contributed by atoms with E-state index in [2.05, 4.69) is 21.7 Å². The van der Waals surface area contributed by atoms with Gasteiger partial charge in [-0.25, -0.2) is 4.98 Å². The van der Waals surface area contributed by atoms with E-state index in [1.165, 1.54) is 38.8 Å². The van der Waals surface area contributed by atoms with E-state index in [9.17, 15) is 4.79 Å². The van der Waals surface area contributed by atoms with Crippen molar-refractivity contribution in [2.45, 2.75) is 45.1 Å². The first-order valence-electron chi connectivity index (χ1n) is 10.2. The lowest BCUT2D eigenvalue weighted by Gasteiger charge is -2.18. The zero-order chi connectivity index (χ0) is 19.4. The Morgan fingerprint density at radius 3 is 2.57 bits per heavy atom. The number of carbonyl (C=O) groups is 1. The first kappa shape index (κ1) is 20.1. The van der Waals surface area contributed by atoms with E-state index in [0.29, 0.717) is 23.7 Å². The molecule has 0 aliphatic carbocycles. The third-order valence-corrected chi connectivity index (χ3v) is 4.93. The van der Waals surface area contributed by atoms with Crippen LogP contribution in [0.2, 0.25) is 0 Å². The number of unbranched alkanes of at least 4 members (excludes halogenated alkanes) is 1. The molecule has 1 aliphatic heterocycles. The summed E-state index contributed by atoms with van der Waals surface area (Å²) in [5.41, 5.74) is 1.96. The van der Waals surface area contributed by atoms with Gasteiger partial charge in [0.2, 0.25) is 0 Å². The van der Waals surface area contributed by atoms with Crippen LogP contribution in [0.15, 0.2) is 42.5 Å². The average Bonchev–Trinajstić information content (AvgIpc) is 3.02. The fourth-order valence-corrected chi connectivity index (χ4v) is 3.38. The van der Waals surface area contributed by atoms with Crippen LogP contribution in [0.1, 0.15) is 60.3 Å². The second kappa shape index (κ2) is 11.3. The Balaban J connectivity index is 1.49. The van der Waals surface area contributed by atoms with E-state index in [-0.39, 0.29) is 0 Å². The molecule has 1 aromatic carbocycles. The van der Waals surface area contributed by atoms with Crippen LogP contribution >= 0.6 is 0 Å². The molecule has 0 atom stereocenters. The van der Waals surface area contributed by atoms with Gasteiger partial charge in [0, 0.05) is 6.42 Å². The van der Waals surface area contributed by atoms with Crippen molar-refractivity contribution in [3.05, 3.63) is 59.4 Å². The molecule has 0 amide bonds. The molecule has 1 aliphatic rings. The van der Waals surface area contributed by atoms with Crippen molar-refractivity contribution in [2.75, 3.05) is 19.6 Å². The van der Waals surface area contributed by atoms with Crippen LogP contribution in [-0.2, 0) is 6.61 Å². The lowest BCUT2D eigenvalue weighted by Crippen LogP contribution is -2.25. The molecule has 0 N–H and O–H groups in total. The monoisotopic (exact) mass is 376 g/mol. The van der Waals surface area contributed by atoms with Crippen molar-refractivity contribution in [1.29, 1.82) is 0 Å². The number of likely N-dealkylation sites (tertiary alicyclic amines) is 1. The minimum Gasteiger partial charge on any atom is -0.487 e. The Morgan fingerprint density at radius 2 is 1.82 bits per heavy atom. The van der Waals surface area contributed by atoms with Crippen LogP contribution < -0.4 is 4.74 Å². The molecule has 0 saturated carbocycles. The number of nitrogens with zero attached hydrogens (tertiary/aromatic N) is 2. The molecule has 2 aromatic rings. The quantitative estimate of drug-likeness (QED) is 0.406. The summed E-state index contributed by atoms with van der Waals surface area (Å²) in [5.74, 6) is 6.76. The number of aromatic nitrogens is 1. The van der Waals surface area contributed by atoms with Crippen LogP contribution in [0.4, 0.5) is 0 Å². The van der Waals surface area contributed by atoms with Gasteiger partial charge in [-0.05, 0) is 62.5 Å². The van der Waals surface area contributed by atoms with Gasteiger partial charge in [0.05, 0.1) is 0 Å². The normalized spacial score (nSPS) is 14.6. The molecule has 2 heterocycles. The van der Waals surface area contributed by atoms with Crippen LogP contribution in [-0.4, -0.2) is 35.8 Å². The maximum atomic E-state index is 11.4. The van der Waals surface area contributed by atoms with E-state index >= 15 is 0 Å². The van der Waals surface area contributed by atoms with Crippen molar-refractivity contribution in [1.82, 2.24) is 9.88 Å². The van der Waals surface area contributed by atoms with Gasteiger partial charge < -0.3 is 9.64 Å². The number of hydrogen-bond donors (Lipinski definition) is 0. The van der Waals surface area contributed by atoms with E-state index in [1.807, 2.05) is 36.4 Å². The third kappa shape index (κ3) is 6.51. The molecule has 146 valence electrons. The van der Waals surface area contributed by atoms with Crippen molar-refractivity contribution in [2.24, 2.45) is 0 Å². The number of ether oxygens (including phenoxy) is 1. The number of rotatable bonds is 7. The van der Waals surface area contributed by atoms with Crippen LogP contribution in [0, 0.1) is 11.8 Å². The minimum atomic E-state index is 0.298. The van der Waals surface area contributed by atoms with Crippen molar-refractivity contribution >= 4 is 6.29 Å². The number of pyridine rings is 1. The third-order valence-electron chi connectivity index (χ3n) is 4.93. The summed E-state index contributed by atoms with van der Waals surface area (Å²) in [7, 11) is 0. The molecule has 1 saturated heterocycles. The van der Waals surface area contributed by atoms with Crippen LogP contribution in [0.5, 0.6) is 5.75 Å². The second-order valence-corrected chi connectivity index (χ2v) is 7.13. The van der Waals surface area contributed by atoms with E-state index in [4.69, 9.17) is 4.74 Å². The summed E-state index contributed by atoms with van der Waals surface area (Å²) in [6, 6.07) is 13.4. The predicted octanol–water partition coefficient (Wildman–Crippen LogP) is 4.48. The average molecular weight is 377 g/mol. The Kier molecular flexibility index (Phi) is 8.08. The molecule has 4 nitrogen and oxygen atoms in total. The first-order chi connectivity index (χ1) is 13.8. The number of carbonyl (C=O) groups excluding carboxylic acids is 1. The summed E-state index contributed by atoms with van der Waals surface area (Å²) in [5, 5.41) is 0. The van der Waals surface area contributed by atoms with E-state index in [1.54, 1.807) is 6.07 Å². The molecule has 1 aromatic heterocycles. The maximum absolute atomic E-state index is 11.4. The van der Waals surface area contributed by atoms with Gasteiger partial charge in [-0.2, -0.15) is 0 Å². The SMILES string of the molecule is O=Cc1nc(C#CCCCN2CCCCCC2)ccc1OCc1ccccc1. The predicted molar refractivity (Wildman–Crippen MR) is 111 cm³/mol. The van der Waals surface area contributed by atoms with Gasteiger partial charge in [-0.1, -0.05) is 49.1 Å². The fourth-order valence-electron chi connectivity index (χ4n) is 3.38. The topological polar surface area (TPSA) is 42.4 Å². The van der Waals surface area contributed by atoms with Gasteiger partial charge in [0.15, 0.2) is 6.29 Å². The van der Waals surface area contributed by atoms with E-state index in [0.717, 1.165) is 31.2 Å². The number of hydrogen-bond acceptors (Lipinski definition) is 4. The summed E-state index contributed by atoms with van der Waals surface area (Å²) < 4.78 is 5.74. The highest BCUT2D eigenvalue weighted by molar-refractivity contribution is 5.76. The largest absolute Gasteiger partial charge is 0.487 e. The summed E-state index contributed by atoms with van der Waals surface area (Å²) in [4.78, 5) is 18.3. The molecule has 0 unspecified atom stereocenters. The highest BCUT2D eigenvalue weighted by Gasteiger charge is 2.08. The Morgan fingerprint density at radius 1 is 1.04 bits per heavy atom. The van der Waals surface area contributed by atoms with Crippen molar-refractivity contribution < 1.29 is 9.53 Å². The van der Waals surface area contributed by atoms with E-state index < -0.39 is 0 Å². The highest BCUT2D eigenvalue weighted by atomic mass is 16.5. The summed E-state index contributed by atoms with van der Waals surface area (Å²) in [6.07, 6.45) is 8.03. The maximum Gasteiger partial charge on any atom is 0.172 e. The summed E-state index contributed by atoms with van der Waals surface area (Å²) >= 11 is 0.